The van der Waals surface area contributed by atoms with Gasteiger partial charge < -0.3 is 10.2 Å². The Morgan fingerprint density at radius 1 is 0.964 bits per heavy atom. The lowest BCUT2D eigenvalue weighted by molar-refractivity contribution is -0.115. The molecule has 7 heteroatoms. The quantitative estimate of drug-likeness (QED) is 0.811. The Labute approximate surface area is 166 Å². The van der Waals surface area contributed by atoms with Crippen molar-refractivity contribution in [3.8, 4) is 0 Å². The summed E-state index contributed by atoms with van der Waals surface area (Å²) in [6.45, 7) is 2.59. The van der Waals surface area contributed by atoms with Gasteiger partial charge in [-0.15, -0.1) is 0 Å². The molecule has 2 heterocycles. The topological polar surface area (TPSA) is 69.7 Å². The number of hydrogen-bond acceptors (Lipinski definition) is 4. The number of fused-ring (bicyclic) bond motifs is 1. The summed E-state index contributed by atoms with van der Waals surface area (Å²) < 4.78 is 26.8. The van der Waals surface area contributed by atoms with Crippen molar-refractivity contribution in [1.82, 2.24) is 0 Å². The minimum absolute atomic E-state index is 0.0606. The number of sulfonamides is 1. The summed E-state index contributed by atoms with van der Waals surface area (Å²) >= 11 is 0. The van der Waals surface area contributed by atoms with Crippen molar-refractivity contribution in [2.45, 2.75) is 25.7 Å². The third-order valence-electron chi connectivity index (χ3n) is 5.39. The lowest BCUT2D eigenvalue weighted by Gasteiger charge is -2.19. The van der Waals surface area contributed by atoms with Crippen LogP contribution in [0.4, 0.5) is 17.1 Å². The molecule has 0 aromatic heterocycles. The molecule has 0 radical (unpaired) electrons. The van der Waals surface area contributed by atoms with Crippen LogP contribution in [0.2, 0.25) is 0 Å². The van der Waals surface area contributed by atoms with Crippen molar-refractivity contribution in [3.63, 3.8) is 0 Å². The van der Waals surface area contributed by atoms with E-state index in [1.54, 1.807) is 0 Å². The minimum Gasteiger partial charge on any atom is -0.372 e. The first-order chi connectivity index (χ1) is 13.5. The Bertz CT molecular complexity index is 951. The summed E-state index contributed by atoms with van der Waals surface area (Å²) in [5, 5.41) is 2.80. The molecule has 0 spiro atoms. The summed E-state index contributed by atoms with van der Waals surface area (Å²) in [6.07, 6.45) is 3.09. The highest BCUT2D eigenvalue weighted by Crippen LogP contribution is 2.30. The number of carbonyl (C=O) groups is 1. The van der Waals surface area contributed by atoms with Gasteiger partial charge in [0.2, 0.25) is 15.9 Å². The van der Waals surface area contributed by atoms with Crippen molar-refractivity contribution in [2.75, 3.05) is 39.9 Å². The molecule has 4 rings (SSSR count). The van der Waals surface area contributed by atoms with Gasteiger partial charge in [0.1, 0.15) is 0 Å². The molecule has 1 N–H and O–H groups in total. The van der Waals surface area contributed by atoms with Gasteiger partial charge in [0, 0.05) is 37.4 Å². The number of anilines is 3. The highest BCUT2D eigenvalue weighted by Gasteiger charge is 2.29. The molecule has 2 aromatic carbocycles. The molecular formula is C21H25N3O3S. The molecule has 0 aliphatic carbocycles. The van der Waals surface area contributed by atoms with Crippen LogP contribution in [0.1, 0.15) is 24.8 Å². The van der Waals surface area contributed by atoms with Crippen LogP contribution in [0.15, 0.2) is 48.5 Å². The third-order valence-corrected chi connectivity index (χ3v) is 7.16. The van der Waals surface area contributed by atoms with Crippen LogP contribution < -0.4 is 14.5 Å². The zero-order valence-electron chi connectivity index (χ0n) is 15.8. The van der Waals surface area contributed by atoms with Crippen LogP contribution in [0.25, 0.3) is 0 Å². The fraction of sp³-hybridized carbons (Fsp3) is 0.381. The number of amides is 1. The van der Waals surface area contributed by atoms with E-state index in [0.29, 0.717) is 18.7 Å². The Hall–Kier alpha value is -2.54. The largest absolute Gasteiger partial charge is 0.372 e. The summed E-state index contributed by atoms with van der Waals surface area (Å²) in [5.41, 5.74) is 3.62. The summed E-state index contributed by atoms with van der Waals surface area (Å²) in [5.74, 6) is -0.482. The second-order valence-corrected chi connectivity index (χ2v) is 9.32. The van der Waals surface area contributed by atoms with Crippen molar-refractivity contribution >= 4 is 33.0 Å². The Kier molecular flexibility index (Phi) is 5.26. The van der Waals surface area contributed by atoms with Gasteiger partial charge in [-0.3, -0.25) is 9.10 Å². The maximum absolute atomic E-state index is 12.7. The van der Waals surface area contributed by atoms with Crippen molar-refractivity contribution < 1.29 is 13.2 Å². The van der Waals surface area contributed by atoms with E-state index in [0.717, 1.165) is 30.0 Å². The van der Waals surface area contributed by atoms with E-state index >= 15 is 0 Å². The summed E-state index contributed by atoms with van der Waals surface area (Å²) in [7, 11) is -3.51. The Morgan fingerprint density at radius 2 is 1.68 bits per heavy atom. The summed E-state index contributed by atoms with van der Waals surface area (Å²) in [4.78, 5) is 14.6. The molecule has 1 amide bonds. The van der Waals surface area contributed by atoms with Gasteiger partial charge >= 0.3 is 0 Å². The molecular weight excluding hydrogens is 374 g/mol. The molecule has 0 saturated carbocycles. The summed E-state index contributed by atoms with van der Waals surface area (Å²) in [6, 6.07) is 15.3. The number of para-hydroxylation sites is 1. The van der Waals surface area contributed by atoms with Crippen LogP contribution in [0.5, 0.6) is 0 Å². The number of nitrogens with one attached hydrogen (secondary N) is 1. The maximum Gasteiger partial charge on any atom is 0.235 e. The first-order valence-corrected chi connectivity index (χ1v) is 11.4. The van der Waals surface area contributed by atoms with Crippen LogP contribution in [0.3, 0.4) is 0 Å². The van der Waals surface area contributed by atoms with E-state index in [1.165, 1.54) is 17.1 Å². The van der Waals surface area contributed by atoms with Gasteiger partial charge in [-0.25, -0.2) is 8.42 Å². The lowest BCUT2D eigenvalue weighted by atomic mass is 10.2. The second kappa shape index (κ2) is 7.83. The van der Waals surface area contributed by atoms with E-state index < -0.39 is 10.0 Å². The van der Waals surface area contributed by atoms with Crippen LogP contribution in [-0.2, 0) is 21.2 Å². The van der Waals surface area contributed by atoms with Crippen molar-refractivity contribution in [1.29, 1.82) is 0 Å². The second-order valence-electron chi connectivity index (χ2n) is 7.31. The van der Waals surface area contributed by atoms with Crippen molar-refractivity contribution in [3.05, 3.63) is 54.1 Å². The smallest absolute Gasteiger partial charge is 0.235 e. The standard InChI is InChI=1S/C21H25N3O3S/c25-21(22-18-7-9-19(10-8-18)23-13-3-4-14-23)12-16-28(26,27)24-15-11-17-5-1-2-6-20(17)24/h1-2,5-10H,3-4,11-16H2,(H,22,25). The van der Waals surface area contributed by atoms with E-state index in [4.69, 9.17) is 0 Å². The fourth-order valence-corrected chi connectivity index (χ4v) is 5.39. The molecule has 1 fully saturated rings. The highest BCUT2D eigenvalue weighted by molar-refractivity contribution is 7.92. The van der Waals surface area contributed by atoms with E-state index in [2.05, 4.69) is 10.2 Å². The Balaban J connectivity index is 1.33. The average Bonchev–Trinajstić information content (AvgIpc) is 3.37. The van der Waals surface area contributed by atoms with E-state index in [-0.39, 0.29) is 18.1 Å². The first kappa shape index (κ1) is 18.8. The van der Waals surface area contributed by atoms with Gasteiger partial charge in [-0.2, -0.15) is 0 Å². The number of benzene rings is 2. The number of nitrogens with zero attached hydrogens (tertiary/aromatic N) is 2. The highest BCUT2D eigenvalue weighted by atomic mass is 32.2. The number of rotatable bonds is 6. The van der Waals surface area contributed by atoms with Crippen LogP contribution >= 0.6 is 0 Å². The molecule has 148 valence electrons. The molecule has 2 aromatic rings. The SMILES string of the molecule is O=C(CCS(=O)(=O)N1CCc2ccccc21)Nc1ccc(N2CCCC2)cc1. The minimum atomic E-state index is -3.51. The van der Waals surface area contributed by atoms with Gasteiger partial charge in [0.25, 0.3) is 0 Å². The Morgan fingerprint density at radius 3 is 2.43 bits per heavy atom. The molecule has 1 saturated heterocycles. The zero-order valence-corrected chi connectivity index (χ0v) is 16.6. The lowest BCUT2D eigenvalue weighted by Crippen LogP contribution is -2.32. The van der Waals surface area contributed by atoms with E-state index in [9.17, 15) is 13.2 Å². The predicted octanol–water partition coefficient (Wildman–Crippen LogP) is 3.01. The predicted molar refractivity (Wildman–Crippen MR) is 112 cm³/mol. The normalized spacial score (nSPS) is 16.3. The van der Waals surface area contributed by atoms with E-state index in [1.807, 2.05) is 48.5 Å². The monoisotopic (exact) mass is 399 g/mol. The maximum atomic E-state index is 12.7. The fourth-order valence-electron chi connectivity index (χ4n) is 3.88. The van der Waals surface area contributed by atoms with Gasteiger partial charge in [0.05, 0.1) is 11.4 Å². The molecule has 2 aliphatic rings. The number of hydrogen-bond donors (Lipinski definition) is 1. The van der Waals surface area contributed by atoms with Gasteiger partial charge in [-0.05, 0) is 55.2 Å². The molecule has 0 unspecified atom stereocenters. The third kappa shape index (κ3) is 3.99. The molecule has 0 atom stereocenters. The average molecular weight is 400 g/mol. The van der Waals surface area contributed by atoms with Crippen LogP contribution in [0, 0.1) is 0 Å². The van der Waals surface area contributed by atoms with Crippen molar-refractivity contribution in [2.24, 2.45) is 0 Å². The van der Waals surface area contributed by atoms with Gasteiger partial charge in [-0.1, -0.05) is 18.2 Å². The molecule has 28 heavy (non-hydrogen) atoms. The van der Waals surface area contributed by atoms with Gasteiger partial charge in [0.15, 0.2) is 0 Å². The van der Waals surface area contributed by atoms with Crippen LogP contribution in [-0.4, -0.2) is 39.7 Å². The molecule has 6 nitrogen and oxygen atoms in total. The zero-order chi connectivity index (χ0) is 19.6. The number of carbonyl (C=O) groups excluding carboxylic acids is 1. The molecule has 2 aliphatic heterocycles. The molecule has 0 bridgehead atoms. The first-order valence-electron chi connectivity index (χ1n) is 9.76.